The SMILES string of the molecule is CC(C)(C)CC1NC(C(=O)NCCN2CCCC2)C(c2cccc(Cl)c2)C1(N)c1ccc(Cl)cc1. The normalized spacial score (nSPS) is 27.3. The number of amides is 1. The van der Waals surface area contributed by atoms with Gasteiger partial charge >= 0.3 is 0 Å². The molecule has 1 amide bonds. The van der Waals surface area contributed by atoms with Gasteiger partial charge in [-0.15, -0.1) is 0 Å². The summed E-state index contributed by atoms with van der Waals surface area (Å²) in [4.78, 5) is 16.1. The molecule has 35 heavy (non-hydrogen) atoms. The van der Waals surface area contributed by atoms with Crippen LogP contribution in [0.5, 0.6) is 0 Å². The summed E-state index contributed by atoms with van der Waals surface area (Å²) >= 11 is 12.7. The van der Waals surface area contributed by atoms with Crippen LogP contribution in [0.25, 0.3) is 0 Å². The van der Waals surface area contributed by atoms with Gasteiger partial charge in [0.25, 0.3) is 0 Å². The molecule has 4 atom stereocenters. The van der Waals surface area contributed by atoms with E-state index in [9.17, 15) is 4.79 Å². The summed E-state index contributed by atoms with van der Waals surface area (Å²) in [5, 5.41) is 8.16. The van der Waals surface area contributed by atoms with Crippen LogP contribution in [0.4, 0.5) is 0 Å². The van der Waals surface area contributed by atoms with Crippen LogP contribution in [-0.4, -0.2) is 49.1 Å². The third-order valence-corrected chi connectivity index (χ3v) is 7.87. The summed E-state index contributed by atoms with van der Waals surface area (Å²) in [5.74, 6) is -0.323. The van der Waals surface area contributed by atoms with Crippen molar-refractivity contribution < 1.29 is 4.79 Å². The van der Waals surface area contributed by atoms with Crippen molar-refractivity contribution in [2.45, 2.75) is 63.6 Å². The topological polar surface area (TPSA) is 70.4 Å². The number of nitrogens with two attached hydrogens (primary N) is 1. The lowest BCUT2D eigenvalue weighted by Crippen LogP contribution is -2.51. The van der Waals surface area contributed by atoms with Gasteiger partial charge in [0.1, 0.15) is 0 Å². The first-order valence-electron chi connectivity index (χ1n) is 12.6. The Labute approximate surface area is 219 Å². The molecule has 0 radical (unpaired) electrons. The third kappa shape index (κ3) is 6.03. The molecule has 2 fully saturated rings. The molecule has 2 aromatic rings. The first kappa shape index (κ1) is 26.4. The molecule has 0 aliphatic carbocycles. The maximum atomic E-state index is 13.7. The summed E-state index contributed by atoms with van der Waals surface area (Å²) in [5.41, 5.74) is 8.52. The largest absolute Gasteiger partial charge is 0.353 e. The predicted octanol–water partition coefficient (Wildman–Crippen LogP) is 4.92. The van der Waals surface area contributed by atoms with Gasteiger partial charge in [-0.25, -0.2) is 0 Å². The Bertz CT molecular complexity index is 1020. The van der Waals surface area contributed by atoms with Crippen molar-refractivity contribution in [2.24, 2.45) is 11.1 Å². The second-order valence-electron chi connectivity index (χ2n) is 11.3. The van der Waals surface area contributed by atoms with E-state index in [0.717, 1.165) is 37.2 Å². The minimum Gasteiger partial charge on any atom is -0.353 e. The molecule has 4 N–H and O–H groups in total. The van der Waals surface area contributed by atoms with Crippen molar-refractivity contribution in [3.63, 3.8) is 0 Å². The highest BCUT2D eigenvalue weighted by Gasteiger charge is 2.56. The fourth-order valence-corrected chi connectivity index (χ4v) is 6.08. The van der Waals surface area contributed by atoms with Crippen LogP contribution >= 0.6 is 23.2 Å². The molecule has 0 spiro atoms. The average molecular weight is 518 g/mol. The van der Waals surface area contributed by atoms with E-state index < -0.39 is 11.6 Å². The summed E-state index contributed by atoms with van der Waals surface area (Å²) < 4.78 is 0. The van der Waals surface area contributed by atoms with Crippen LogP contribution in [0.15, 0.2) is 48.5 Å². The van der Waals surface area contributed by atoms with E-state index in [0.29, 0.717) is 16.6 Å². The van der Waals surface area contributed by atoms with E-state index in [1.165, 1.54) is 12.8 Å². The highest BCUT2D eigenvalue weighted by Crippen LogP contribution is 2.48. The summed E-state index contributed by atoms with van der Waals surface area (Å²) in [6.45, 7) is 10.3. The highest BCUT2D eigenvalue weighted by molar-refractivity contribution is 6.30. The zero-order valence-corrected chi connectivity index (χ0v) is 22.5. The highest BCUT2D eigenvalue weighted by atomic mass is 35.5. The van der Waals surface area contributed by atoms with Crippen molar-refractivity contribution in [2.75, 3.05) is 26.2 Å². The maximum Gasteiger partial charge on any atom is 0.237 e. The number of carbonyl (C=O) groups is 1. The van der Waals surface area contributed by atoms with Crippen molar-refractivity contribution in [3.05, 3.63) is 69.7 Å². The molecule has 0 saturated carbocycles. The Kier molecular flexibility index (Phi) is 8.14. The summed E-state index contributed by atoms with van der Waals surface area (Å²) in [6, 6.07) is 14.9. The molecule has 0 aromatic heterocycles. The van der Waals surface area contributed by atoms with Gasteiger partial charge < -0.3 is 21.3 Å². The number of nitrogens with one attached hydrogen (secondary N) is 2. The lowest BCUT2D eigenvalue weighted by atomic mass is 9.68. The number of hydrogen-bond donors (Lipinski definition) is 3. The van der Waals surface area contributed by atoms with E-state index in [-0.39, 0.29) is 23.3 Å². The van der Waals surface area contributed by atoms with E-state index in [1.54, 1.807) is 0 Å². The molecule has 2 aliphatic rings. The summed E-state index contributed by atoms with van der Waals surface area (Å²) in [6.07, 6.45) is 3.28. The van der Waals surface area contributed by atoms with Gasteiger partial charge in [0.2, 0.25) is 5.91 Å². The molecule has 190 valence electrons. The smallest absolute Gasteiger partial charge is 0.237 e. The third-order valence-electron chi connectivity index (χ3n) is 7.38. The van der Waals surface area contributed by atoms with E-state index in [4.69, 9.17) is 28.9 Å². The lowest BCUT2D eigenvalue weighted by Gasteiger charge is -2.39. The van der Waals surface area contributed by atoms with Crippen molar-refractivity contribution >= 4 is 29.1 Å². The Morgan fingerprint density at radius 2 is 1.80 bits per heavy atom. The first-order chi connectivity index (χ1) is 16.6. The maximum absolute atomic E-state index is 13.7. The molecule has 2 aromatic carbocycles. The fraction of sp³-hybridized carbons (Fsp3) is 0.536. The average Bonchev–Trinajstić information content (AvgIpc) is 3.40. The van der Waals surface area contributed by atoms with Gasteiger partial charge in [0.05, 0.1) is 11.6 Å². The number of benzene rings is 2. The predicted molar refractivity (Wildman–Crippen MR) is 145 cm³/mol. The standard InChI is InChI=1S/C28H38Cl2N4O/c1-27(2,3)18-23-28(31,20-9-11-21(29)12-10-20)24(19-7-6-8-22(30)17-19)25(33-23)26(35)32-13-16-34-14-4-5-15-34/h6-12,17,23-25,33H,4-5,13-16,18,31H2,1-3H3,(H,32,35). The van der Waals surface area contributed by atoms with Crippen LogP contribution in [0.1, 0.15) is 57.1 Å². The van der Waals surface area contributed by atoms with Crippen LogP contribution < -0.4 is 16.4 Å². The number of likely N-dealkylation sites (tertiary alicyclic amines) is 1. The quantitative estimate of drug-likeness (QED) is 0.488. The van der Waals surface area contributed by atoms with Gasteiger partial charge in [-0.05, 0) is 73.2 Å². The lowest BCUT2D eigenvalue weighted by molar-refractivity contribution is -0.123. The number of carbonyl (C=O) groups excluding carboxylic acids is 1. The Morgan fingerprint density at radius 1 is 1.11 bits per heavy atom. The number of hydrogen-bond acceptors (Lipinski definition) is 4. The zero-order chi connectivity index (χ0) is 25.2. The van der Waals surface area contributed by atoms with Crippen LogP contribution in [0.3, 0.4) is 0 Å². The van der Waals surface area contributed by atoms with Crippen molar-refractivity contribution in [1.29, 1.82) is 0 Å². The van der Waals surface area contributed by atoms with Gasteiger partial charge in [0.15, 0.2) is 0 Å². The minimum absolute atomic E-state index is 0.00865. The molecular formula is C28H38Cl2N4O. The molecule has 2 saturated heterocycles. The number of halogens is 2. The number of rotatable bonds is 7. The second kappa shape index (κ2) is 10.8. The molecule has 0 bridgehead atoms. The monoisotopic (exact) mass is 516 g/mol. The second-order valence-corrected chi connectivity index (χ2v) is 12.1. The van der Waals surface area contributed by atoms with E-state index in [2.05, 4.69) is 36.3 Å². The van der Waals surface area contributed by atoms with Gasteiger partial charge in [-0.3, -0.25) is 4.79 Å². The van der Waals surface area contributed by atoms with E-state index >= 15 is 0 Å². The van der Waals surface area contributed by atoms with Crippen LogP contribution in [0.2, 0.25) is 10.0 Å². The van der Waals surface area contributed by atoms with E-state index in [1.807, 2.05) is 48.5 Å². The Morgan fingerprint density at radius 3 is 2.43 bits per heavy atom. The van der Waals surface area contributed by atoms with Crippen molar-refractivity contribution in [1.82, 2.24) is 15.5 Å². The minimum atomic E-state index is -0.834. The zero-order valence-electron chi connectivity index (χ0n) is 21.0. The fourth-order valence-electron chi connectivity index (χ4n) is 5.75. The molecule has 5 nitrogen and oxygen atoms in total. The van der Waals surface area contributed by atoms with Gasteiger partial charge in [-0.1, -0.05) is 68.2 Å². The van der Waals surface area contributed by atoms with Crippen LogP contribution in [0, 0.1) is 5.41 Å². The molecular weight excluding hydrogens is 479 g/mol. The van der Waals surface area contributed by atoms with Gasteiger partial charge in [-0.2, -0.15) is 0 Å². The first-order valence-corrected chi connectivity index (χ1v) is 13.4. The molecule has 7 heteroatoms. The number of nitrogens with zero attached hydrogens (tertiary/aromatic N) is 1. The van der Waals surface area contributed by atoms with Crippen molar-refractivity contribution in [3.8, 4) is 0 Å². The Hall–Kier alpha value is -1.63. The van der Waals surface area contributed by atoms with Gasteiger partial charge in [0, 0.05) is 35.1 Å². The molecule has 2 heterocycles. The molecule has 4 rings (SSSR count). The molecule has 2 aliphatic heterocycles. The van der Waals surface area contributed by atoms with Crippen LogP contribution in [-0.2, 0) is 10.3 Å². The Balaban J connectivity index is 1.71. The summed E-state index contributed by atoms with van der Waals surface area (Å²) in [7, 11) is 0. The molecule has 4 unspecified atom stereocenters.